The smallest absolute Gasteiger partial charge is 0.165 e. The predicted molar refractivity (Wildman–Crippen MR) is 227 cm³/mol. The molecule has 3 heterocycles. The molecule has 0 bridgehead atoms. The number of hydrogen-bond acceptors (Lipinski definition) is 3. The number of hydrogen-bond donors (Lipinski definition) is 0. The van der Waals surface area contributed by atoms with Crippen molar-refractivity contribution in [2.75, 3.05) is 0 Å². The van der Waals surface area contributed by atoms with E-state index in [0.717, 1.165) is 61.1 Å². The number of nitrogens with zero attached hydrogens (tertiary/aromatic N) is 3. The Bertz CT molecular complexity index is 3420. The van der Waals surface area contributed by atoms with Crippen LogP contribution in [-0.2, 0) is 5.41 Å². The predicted octanol–water partition coefficient (Wildman–Crippen LogP) is 13.4. The minimum Gasteiger partial charge on any atom is -0.456 e. The SMILES string of the molecule is CC1(C)c2ccccc2-c2ccc(-c3ccc4c(c3)c3cc5ccccc5cc3n4-c3nc4ccccc4nc3-c3cccc4oc5ccccc5c34)cc21. The molecular weight excluding hydrogens is 671 g/mol. The Balaban J connectivity index is 1.15. The van der Waals surface area contributed by atoms with Crippen LogP contribution >= 0.6 is 0 Å². The molecular formula is C51H33N3O. The normalized spacial score (nSPS) is 13.4. The molecule has 1 aliphatic carbocycles. The van der Waals surface area contributed by atoms with Crippen LogP contribution in [0.3, 0.4) is 0 Å². The van der Waals surface area contributed by atoms with Gasteiger partial charge < -0.3 is 4.42 Å². The average molecular weight is 704 g/mol. The summed E-state index contributed by atoms with van der Waals surface area (Å²) in [5.74, 6) is 0.788. The Morgan fingerprint density at radius 2 is 1.13 bits per heavy atom. The first-order valence-electron chi connectivity index (χ1n) is 18.9. The van der Waals surface area contributed by atoms with E-state index in [9.17, 15) is 0 Å². The van der Waals surface area contributed by atoms with Crippen LogP contribution in [0.4, 0.5) is 0 Å². The van der Waals surface area contributed by atoms with Crippen molar-refractivity contribution in [3.63, 3.8) is 0 Å². The van der Waals surface area contributed by atoms with Crippen molar-refractivity contribution in [2.24, 2.45) is 0 Å². The van der Waals surface area contributed by atoms with Crippen LogP contribution in [0.15, 0.2) is 168 Å². The molecule has 0 atom stereocenters. The number of aromatic nitrogens is 3. The first kappa shape index (κ1) is 30.4. The third-order valence-corrected chi connectivity index (χ3v) is 12.0. The van der Waals surface area contributed by atoms with Gasteiger partial charge in [-0.2, -0.15) is 0 Å². The molecule has 11 aromatic rings. The van der Waals surface area contributed by atoms with E-state index in [1.807, 2.05) is 36.4 Å². The summed E-state index contributed by atoms with van der Waals surface area (Å²) < 4.78 is 8.71. The summed E-state index contributed by atoms with van der Waals surface area (Å²) in [6, 6.07) is 58.7. The number of rotatable bonds is 3. The quantitative estimate of drug-likeness (QED) is 0.184. The van der Waals surface area contributed by atoms with E-state index in [4.69, 9.17) is 14.4 Å². The average Bonchev–Trinajstić information content (AvgIpc) is 3.84. The van der Waals surface area contributed by atoms with Crippen LogP contribution in [0.25, 0.3) is 105 Å². The zero-order valence-corrected chi connectivity index (χ0v) is 30.3. The second-order valence-corrected chi connectivity index (χ2v) is 15.4. The van der Waals surface area contributed by atoms with E-state index in [1.165, 1.54) is 54.9 Å². The number of para-hydroxylation sites is 3. The van der Waals surface area contributed by atoms with Gasteiger partial charge in [0.25, 0.3) is 0 Å². The van der Waals surface area contributed by atoms with E-state index in [-0.39, 0.29) is 5.41 Å². The second-order valence-electron chi connectivity index (χ2n) is 15.4. The summed E-state index contributed by atoms with van der Waals surface area (Å²) in [4.78, 5) is 10.9. The van der Waals surface area contributed by atoms with Gasteiger partial charge in [-0.15, -0.1) is 0 Å². The molecule has 0 spiro atoms. The van der Waals surface area contributed by atoms with Gasteiger partial charge in [-0.3, -0.25) is 4.57 Å². The maximum absolute atomic E-state index is 6.38. The Hall–Kier alpha value is -7.04. The number of furan rings is 1. The van der Waals surface area contributed by atoms with Gasteiger partial charge in [0.05, 0.1) is 22.1 Å². The van der Waals surface area contributed by atoms with Crippen LogP contribution in [0.5, 0.6) is 0 Å². The Morgan fingerprint density at radius 1 is 0.473 bits per heavy atom. The van der Waals surface area contributed by atoms with Crippen molar-refractivity contribution in [3.8, 4) is 39.3 Å². The zero-order chi connectivity index (χ0) is 36.4. The molecule has 4 heteroatoms. The van der Waals surface area contributed by atoms with Crippen LogP contribution in [0, 0.1) is 0 Å². The maximum Gasteiger partial charge on any atom is 0.165 e. The molecule has 55 heavy (non-hydrogen) atoms. The monoisotopic (exact) mass is 703 g/mol. The van der Waals surface area contributed by atoms with Gasteiger partial charge in [-0.05, 0) is 98.8 Å². The van der Waals surface area contributed by atoms with Gasteiger partial charge >= 0.3 is 0 Å². The van der Waals surface area contributed by atoms with Gasteiger partial charge in [0.2, 0.25) is 0 Å². The van der Waals surface area contributed by atoms with Crippen molar-refractivity contribution < 1.29 is 4.42 Å². The summed E-state index contributed by atoms with van der Waals surface area (Å²) in [6.07, 6.45) is 0. The molecule has 0 saturated heterocycles. The fourth-order valence-electron chi connectivity index (χ4n) is 9.30. The van der Waals surface area contributed by atoms with Gasteiger partial charge in [0.1, 0.15) is 16.9 Å². The first-order valence-corrected chi connectivity index (χ1v) is 18.9. The lowest BCUT2D eigenvalue weighted by molar-refractivity contribution is 0.660. The van der Waals surface area contributed by atoms with E-state index < -0.39 is 0 Å². The number of fused-ring (bicyclic) bond motifs is 11. The van der Waals surface area contributed by atoms with Crippen molar-refractivity contribution in [1.82, 2.24) is 14.5 Å². The molecule has 4 nitrogen and oxygen atoms in total. The zero-order valence-electron chi connectivity index (χ0n) is 30.3. The third kappa shape index (κ3) is 4.28. The van der Waals surface area contributed by atoms with Crippen LogP contribution in [0.1, 0.15) is 25.0 Å². The lowest BCUT2D eigenvalue weighted by Gasteiger charge is -2.22. The molecule has 0 radical (unpaired) electrons. The van der Waals surface area contributed by atoms with Crippen LogP contribution in [-0.4, -0.2) is 14.5 Å². The highest BCUT2D eigenvalue weighted by atomic mass is 16.3. The lowest BCUT2D eigenvalue weighted by atomic mass is 9.81. The third-order valence-electron chi connectivity index (χ3n) is 12.0. The summed E-state index contributed by atoms with van der Waals surface area (Å²) >= 11 is 0. The van der Waals surface area contributed by atoms with Crippen molar-refractivity contribution in [2.45, 2.75) is 19.3 Å². The molecule has 0 unspecified atom stereocenters. The molecule has 3 aromatic heterocycles. The van der Waals surface area contributed by atoms with Gasteiger partial charge in [0, 0.05) is 32.5 Å². The fraction of sp³-hybridized carbons (Fsp3) is 0.0588. The molecule has 0 amide bonds. The summed E-state index contributed by atoms with van der Waals surface area (Å²) in [6.45, 7) is 4.69. The summed E-state index contributed by atoms with van der Waals surface area (Å²) in [7, 11) is 0. The largest absolute Gasteiger partial charge is 0.456 e. The summed E-state index contributed by atoms with van der Waals surface area (Å²) in [5, 5.41) is 6.84. The Labute approximate surface area is 316 Å². The molecule has 258 valence electrons. The second kappa shape index (κ2) is 11.0. The standard InChI is InChI=1S/C51H33N3O/c1-51(2)40-17-7-5-14-34(40)35-24-22-33(28-41(35)51)32-23-25-44-38(27-32)39-26-30-12-3-4-13-31(30)29-45(39)54(44)50-49(52-42-18-8-9-19-43(42)53-50)37-16-11-21-47-48(37)36-15-6-10-20-46(36)55-47/h3-29H,1-2H3. The molecule has 0 fully saturated rings. The van der Waals surface area contributed by atoms with E-state index in [2.05, 4.69) is 146 Å². The van der Waals surface area contributed by atoms with Crippen molar-refractivity contribution in [3.05, 3.63) is 175 Å². The Morgan fingerprint density at radius 3 is 2.02 bits per heavy atom. The Kier molecular flexibility index (Phi) is 6.09. The minimum absolute atomic E-state index is 0.0741. The molecule has 0 aliphatic heterocycles. The van der Waals surface area contributed by atoms with Crippen molar-refractivity contribution in [1.29, 1.82) is 0 Å². The minimum atomic E-state index is -0.0741. The van der Waals surface area contributed by atoms with Gasteiger partial charge in [0.15, 0.2) is 5.82 Å². The summed E-state index contributed by atoms with van der Waals surface area (Å²) in [5.41, 5.74) is 15.1. The maximum atomic E-state index is 6.38. The first-order chi connectivity index (χ1) is 27.0. The highest BCUT2D eigenvalue weighted by molar-refractivity contribution is 6.16. The van der Waals surface area contributed by atoms with E-state index in [1.54, 1.807) is 0 Å². The van der Waals surface area contributed by atoms with Gasteiger partial charge in [-0.25, -0.2) is 9.97 Å². The van der Waals surface area contributed by atoms with Crippen molar-refractivity contribution >= 4 is 65.6 Å². The topological polar surface area (TPSA) is 43.9 Å². The molecule has 0 saturated carbocycles. The highest BCUT2D eigenvalue weighted by Gasteiger charge is 2.35. The van der Waals surface area contributed by atoms with Crippen LogP contribution in [0.2, 0.25) is 0 Å². The van der Waals surface area contributed by atoms with Gasteiger partial charge in [-0.1, -0.05) is 123 Å². The number of benzene rings is 8. The molecule has 1 aliphatic rings. The van der Waals surface area contributed by atoms with Crippen LogP contribution < -0.4 is 0 Å². The van der Waals surface area contributed by atoms with E-state index >= 15 is 0 Å². The fourth-order valence-corrected chi connectivity index (χ4v) is 9.30. The highest BCUT2D eigenvalue weighted by Crippen LogP contribution is 2.50. The molecule has 8 aromatic carbocycles. The molecule has 12 rings (SSSR count). The van der Waals surface area contributed by atoms with E-state index in [0.29, 0.717) is 0 Å². The molecule has 0 N–H and O–H groups in total. The lowest BCUT2D eigenvalue weighted by Crippen LogP contribution is -2.14.